The van der Waals surface area contributed by atoms with Gasteiger partial charge in [-0.25, -0.2) is 4.99 Å². The molecule has 1 aliphatic carbocycles. The van der Waals surface area contributed by atoms with Crippen molar-refractivity contribution in [1.82, 2.24) is 0 Å². The van der Waals surface area contributed by atoms with Crippen LogP contribution in [0.15, 0.2) is 52.5 Å². The maximum absolute atomic E-state index is 6.00. The van der Waals surface area contributed by atoms with Crippen molar-refractivity contribution in [1.29, 1.82) is 0 Å². The van der Waals surface area contributed by atoms with Crippen LogP contribution in [-0.4, -0.2) is 10.3 Å². The van der Waals surface area contributed by atoms with Gasteiger partial charge in [0.2, 0.25) is 0 Å². The summed E-state index contributed by atoms with van der Waals surface area (Å²) in [5.74, 6) is 0.694. The van der Waals surface area contributed by atoms with Gasteiger partial charge in [-0.15, -0.1) is 0 Å². The minimum Gasteiger partial charge on any atom is -0.242 e. The molecule has 1 nitrogen and oxygen atoms in total. The molecule has 1 saturated heterocycles. The second-order valence-electron chi connectivity index (χ2n) is 5.08. The van der Waals surface area contributed by atoms with Crippen molar-refractivity contribution in [3.05, 3.63) is 52.5 Å². The average Bonchev–Trinajstić information content (AvgIpc) is 2.49. The lowest BCUT2D eigenvalue weighted by Crippen LogP contribution is -2.26. The predicted molar refractivity (Wildman–Crippen MR) is 90.3 cm³/mol. The van der Waals surface area contributed by atoms with E-state index < -0.39 is 0 Å². The molecule has 4 heteroatoms. The second kappa shape index (κ2) is 6.38. The Morgan fingerprint density at radius 2 is 2.05 bits per heavy atom. The smallest absolute Gasteiger partial charge is 0.101 e. The minimum absolute atomic E-state index is 0.537. The predicted octanol–water partition coefficient (Wildman–Crippen LogP) is 5.96. The summed E-state index contributed by atoms with van der Waals surface area (Å²) in [5, 5.41) is 2.30. The van der Waals surface area contributed by atoms with E-state index in [4.69, 9.17) is 28.2 Å². The van der Waals surface area contributed by atoms with Crippen LogP contribution in [0.4, 0.5) is 5.69 Å². The molecule has 20 heavy (non-hydrogen) atoms. The first kappa shape index (κ1) is 14.2. The first-order chi connectivity index (χ1) is 9.76. The molecule has 1 aromatic rings. The molecule has 0 aromatic heterocycles. The van der Waals surface area contributed by atoms with Gasteiger partial charge in [0.05, 0.1) is 5.69 Å². The van der Waals surface area contributed by atoms with Crippen LogP contribution in [0.3, 0.4) is 0 Å². The van der Waals surface area contributed by atoms with Gasteiger partial charge in [-0.1, -0.05) is 47.1 Å². The van der Waals surface area contributed by atoms with Crippen LogP contribution in [0.25, 0.3) is 0 Å². The average molecular weight is 324 g/mol. The number of fused-ring (bicyclic) bond motifs is 1. The summed E-state index contributed by atoms with van der Waals surface area (Å²) in [4.78, 5) is 4.74. The van der Waals surface area contributed by atoms with Crippen molar-refractivity contribution in [2.45, 2.75) is 24.5 Å². The normalized spacial score (nSPS) is 29.7. The zero-order valence-corrected chi connectivity index (χ0v) is 13.3. The monoisotopic (exact) mass is 323 g/mol. The highest BCUT2D eigenvalue weighted by atomic mass is 35.5. The lowest BCUT2D eigenvalue weighted by atomic mass is 9.88. The van der Waals surface area contributed by atoms with Crippen LogP contribution in [-0.2, 0) is 0 Å². The van der Waals surface area contributed by atoms with Crippen LogP contribution in [0.2, 0.25) is 5.02 Å². The Labute approximate surface area is 133 Å². The van der Waals surface area contributed by atoms with Gasteiger partial charge in [-0.3, -0.25) is 0 Å². The Morgan fingerprint density at radius 3 is 2.80 bits per heavy atom. The number of halogens is 2. The van der Waals surface area contributed by atoms with Crippen molar-refractivity contribution in [3.63, 3.8) is 0 Å². The molecule has 104 valence electrons. The number of rotatable bonds is 1. The fourth-order valence-electron chi connectivity index (χ4n) is 2.61. The fraction of sp³-hybridized carbons (Fsp3) is 0.312. The van der Waals surface area contributed by atoms with Crippen LogP contribution in [0.5, 0.6) is 0 Å². The van der Waals surface area contributed by atoms with E-state index in [1.807, 2.05) is 36.0 Å². The highest BCUT2D eigenvalue weighted by Crippen LogP contribution is 2.42. The van der Waals surface area contributed by atoms with Crippen molar-refractivity contribution in [2.24, 2.45) is 10.9 Å². The molecule has 0 bridgehead atoms. The maximum atomic E-state index is 6.00. The Kier molecular flexibility index (Phi) is 4.54. The largest absolute Gasteiger partial charge is 0.242 e. The van der Waals surface area contributed by atoms with Crippen molar-refractivity contribution in [3.8, 4) is 0 Å². The fourth-order valence-corrected chi connectivity index (χ4v) is 4.32. The summed E-state index contributed by atoms with van der Waals surface area (Å²) >= 11 is 13.7. The highest BCUT2D eigenvalue weighted by molar-refractivity contribution is 8.15. The van der Waals surface area contributed by atoms with Crippen LogP contribution in [0.1, 0.15) is 19.3 Å². The van der Waals surface area contributed by atoms with E-state index in [-0.39, 0.29) is 0 Å². The minimum atomic E-state index is 0.537. The van der Waals surface area contributed by atoms with E-state index in [0.717, 1.165) is 27.7 Å². The molecule has 3 rings (SSSR count). The van der Waals surface area contributed by atoms with E-state index in [1.54, 1.807) is 5.54 Å². The summed E-state index contributed by atoms with van der Waals surface area (Å²) in [5.41, 5.74) is 3.77. The van der Waals surface area contributed by atoms with Crippen LogP contribution >= 0.6 is 35.0 Å². The lowest BCUT2D eigenvalue weighted by molar-refractivity contribution is 0.489. The summed E-state index contributed by atoms with van der Waals surface area (Å²) in [6.45, 7) is 0. The van der Waals surface area contributed by atoms with Gasteiger partial charge in [-0.2, -0.15) is 0 Å². The van der Waals surface area contributed by atoms with Crippen LogP contribution in [0, 0.1) is 5.92 Å². The molecule has 0 saturated carbocycles. The molecule has 0 N–H and O–H groups in total. The zero-order valence-electron chi connectivity index (χ0n) is 10.9. The molecular formula is C16H15Cl2NS. The topological polar surface area (TPSA) is 12.4 Å². The maximum Gasteiger partial charge on any atom is 0.101 e. The lowest BCUT2D eigenvalue weighted by Gasteiger charge is -2.33. The first-order valence-electron chi connectivity index (χ1n) is 6.73. The molecule has 0 amide bonds. The molecule has 1 aromatic carbocycles. The number of hydrogen-bond donors (Lipinski definition) is 0. The van der Waals surface area contributed by atoms with E-state index in [2.05, 4.69) is 12.2 Å². The van der Waals surface area contributed by atoms with E-state index >= 15 is 0 Å². The third-order valence-corrected chi connectivity index (χ3v) is 5.59. The first-order valence-corrected chi connectivity index (χ1v) is 8.43. The Bertz CT molecular complexity index is 575. The second-order valence-corrected chi connectivity index (χ2v) is 6.90. The summed E-state index contributed by atoms with van der Waals surface area (Å²) < 4.78 is 0. The quantitative estimate of drug-likeness (QED) is 0.580. The molecule has 1 heterocycles. The molecule has 0 radical (unpaired) electrons. The molecule has 2 atom stereocenters. The molecule has 0 spiro atoms. The third-order valence-electron chi connectivity index (χ3n) is 3.69. The molecule has 2 unspecified atom stereocenters. The Hall–Kier alpha value is -0.700. The van der Waals surface area contributed by atoms with Crippen molar-refractivity contribution >= 4 is 45.7 Å². The van der Waals surface area contributed by atoms with E-state index in [9.17, 15) is 0 Å². The number of allylic oxidation sites excluding steroid dienone is 1. The van der Waals surface area contributed by atoms with Crippen molar-refractivity contribution < 1.29 is 0 Å². The summed E-state index contributed by atoms with van der Waals surface area (Å²) in [6, 6.07) is 7.60. The zero-order chi connectivity index (χ0) is 13.9. The standard InChI is InChI=1S/C16H15Cl2NS/c17-10-12-9-11-3-1-2-4-15(11)20-16(12)19-14-7-5-13(18)6-8-14/h2,4-8,10-11,15H,1,3,9H2/b12-10+,19-16-. The summed E-state index contributed by atoms with van der Waals surface area (Å²) in [6.07, 6.45) is 8.06. The number of hydrogen-bond acceptors (Lipinski definition) is 2. The van der Waals surface area contributed by atoms with E-state index in [0.29, 0.717) is 11.2 Å². The molecular weight excluding hydrogens is 309 g/mol. The Balaban J connectivity index is 1.88. The molecule has 2 aliphatic rings. The van der Waals surface area contributed by atoms with Crippen molar-refractivity contribution in [2.75, 3.05) is 0 Å². The van der Waals surface area contributed by atoms with Gasteiger partial charge in [0, 0.05) is 15.8 Å². The van der Waals surface area contributed by atoms with Gasteiger partial charge in [0.1, 0.15) is 5.04 Å². The SMILES string of the molecule is Cl/C=C1\CC2CCC=CC2S\C1=N/c1ccc(Cl)cc1. The number of benzene rings is 1. The Morgan fingerprint density at radius 1 is 1.25 bits per heavy atom. The molecule has 1 fully saturated rings. The number of aliphatic imine (C=N–C) groups is 1. The van der Waals surface area contributed by atoms with Gasteiger partial charge in [0.25, 0.3) is 0 Å². The van der Waals surface area contributed by atoms with Gasteiger partial charge in [0.15, 0.2) is 0 Å². The van der Waals surface area contributed by atoms with Crippen LogP contribution < -0.4 is 0 Å². The van der Waals surface area contributed by atoms with E-state index in [1.165, 1.54) is 12.8 Å². The highest BCUT2D eigenvalue weighted by Gasteiger charge is 2.31. The third kappa shape index (κ3) is 3.13. The summed E-state index contributed by atoms with van der Waals surface area (Å²) in [7, 11) is 0. The van der Waals surface area contributed by atoms with Gasteiger partial charge in [-0.05, 0) is 55.0 Å². The number of nitrogens with zero attached hydrogens (tertiary/aromatic N) is 1. The van der Waals surface area contributed by atoms with Gasteiger partial charge < -0.3 is 0 Å². The number of thioether (sulfide) groups is 1. The molecule has 1 aliphatic heterocycles. The van der Waals surface area contributed by atoms with Gasteiger partial charge >= 0.3 is 0 Å².